The van der Waals surface area contributed by atoms with Crippen molar-refractivity contribution in [3.8, 4) is 0 Å². The van der Waals surface area contributed by atoms with Crippen molar-refractivity contribution in [1.29, 1.82) is 0 Å². The first-order valence-electron chi connectivity index (χ1n) is 5.63. The number of rotatable bonds is 2. The number of nitrogens with two attached hydrogens (primary N) is 1. The molecule has 1 aromatic rings. The minimum Gasteiger partial charge on any atom is -0.398 e. The molecule has 1 heterocycles. The van der Waals surface area contributed by atoms with Crippen molar-refractivity contribution in [1.82, 2.24) is 0 Å². The fourth-order valence-corrected chi connectivity index (χ4v) is 1.99. The number of anilines is 2. The van der Waals surface area contributed by atoms with E-state index in [2.05, 4.69) is 5.32 Å². The summed E-state index contributed by atoms with van der Waals surface area (Å²) in [5.41, 5.74) is 4.36. The van der Waals surface area contributed by atoms with E-state index in [9.17, 15) is 13.2 Å². The molecule has 100 valence electrons. The molecule has 0 bridgehead atoms. The molecule has 0 aromatic heterocycles. The highest BCUT2D eigenvalue weighted by Crippen LogP contribution is 2.36. The summed E-state index contributed by atoms with van der Waals surface area (Å²) in [6.45, 7) is 3.02. The zero-order valence-corrected chi connectivity index (χ0v) is 9.97. The summed E-state index contributed by atoms with van der Waals surface area (Å²) in [5.74, 6) is 0. The lowest BCUT2D eigenvalue weighted by Crippen LogP contribution is -2.35. The summed E-state index contributed by atoms with van der Waals surface area (Å²) >= 11 is 0. The van der Waals surface area contributed by atoms with Gasteiger partial charge in [-0.2, -0.15) is 13.2 Å². The number of benzene rings is 1. The summed E-state index contributed by atoms with van der Waals surface area (Å²) in [7, 11) is 0. The molecule has 3 nitrogen and oxygen atoms in total. The van der Waals surface area contributed by atoms with E-state index in [4.69, 9.17) is 10.5 Å². The fourth-order valence-electron chi connectivity index (χ4n) is 1.99. The molecule has 0 radical (unpaired) electrons. The largest absolute Gasteiger partial charge is 0.418 e. The molecule has 2 rings (SSSR count). The Morgan fingerprint density at radius 3 is 2.67 bits per heavy atom. The van der Waals surface area contributed by atoms with Gasteiger partial charge in [-0.25, -0.2) is 0 Å². The van der Waals surface area contributed by atoms with Gasteiger partial charge in [-0.05, 0) is 31.5 Å². The maximum absolute atomic E-state index is 12.7. The van der Waals surface area contributed by atoms with Gasteiger partial charge in [0.1, 0.15) is 0 Å². The Kier molecular flexibility index (Phi) is 3.14. The zero-order valence-electron chi connectivity index (χ0n) is 9.97. The van der Waals surface area contributed by atoms with Crippen LogP contribution >= 0.6 is 0 Å². The van der Waals surface area contributed by atoms with Crippen LogP contribution in [0.25, 0.3) is 0 Å². The van der Waals surface area contributed by atoms with E-state index in [1.165, 1.54) is 6.07 Å². The van der Waals surface area contributed by atoms with Gasteiger partial charge in [0.2, 0.25) is 0 Å². The predicted molar refractivity (Wildman–Crippen MR) is 63.3 cm³/mol. The van der Waals surface area contributed by atoms with Gasteiger partial charge >= 0.3 is 6.18 Å². The number of hydrogen-bond donors (Lipinski definition) is 2. The van der Waals surface area contributed by atoms with Crippen LogP contribution in [0.1, 0.15) is 18.9 Å². The molecule has 0 amide bonds. The molecule has 1 atom stereocenters. The summed E-state index contributed by atoms with van der Waals surface area (Å²) in [6, 6.07) is 3.86. The summed E-state index contributed by atoms with van der Waals surface area (Å²) in [4.78, 5) is 0. The molecule has 1 fully saturated rings. The lowest BCUT2D eigenvalue weighted by atomic mass is 10.0. The maximum atomic E-state index is 12.7. The van der Waals surface area contributed by atoms with Crippen molar-refractivity contribution in [3.63, 3.8) is 0 Å². The average molecular weight is 260 g/mol. The average Bonchev–Trinajstić information content (AvgIpc) is 2.66. The highest BCUT2D eigenvalue weighted by molar-refractivity contribution is 5.59. The first kappa shape index (κ1) is 13.0. The molecule has 1 unspecified atom stereocenters. The second-order valence-electron chi connectivity index (χ2n) is 4.79. The SMILES string of the molecule is CC1(Nc2ccc(N)c(C(F)(F)F)c2)CCOC1. The Bertz CT molecular complexity index is 439. The van der Waals surface area contributed by atoms with Crippen LogP contribution in [0.5, 0.6) is 0 Å². The minimum absolute atomic E-state index is 0.263. The van der Waals surface area contributed by atoms with Gasteiger partial charge in [0.15, 0.2) is 0 Å². The maximum Gasteiger partial charge on any atom is 0.418 e. The van der Waals surface area contributed by atoms with Gasteiger partial charge in [0.25, 0.3) is 0 Å². The van der Waals surface area contributed by atoms with Crippen LogP contribution in [0, 0.1) is 0 Å². The van der Waals surface area contributed by atoms with Crippen LogP contribution in [0.15, 0.2) is 18.2 Å². The molecular weight excluding hydrogens is 245 g/mol. The Morgan fingerprint density at radius 1 is 1.39 bits per heavy atom. The summed E-state index contributed by atoms with van der Waals surface area (Å²) in [6.07, 6.45) is -3.67. The molecule has 18 heavy (non-hydrogen) atoms. The molecule has 3 N–H and O–H groups in total. The summed E-state index contributed by atoms with van der Waals surface area (Å²) in [5, 5.41) is 3.08. The van der Waals surface area contributed by atoms with Crippen LogP contribution in [0.4, 0.5) is 24.5 Å². The van der Waals surface area contributed by atoms with Crippen molar-refractivity contribution >= 4 is 11.4 Å². The number of ether oxygens (including phenoxy) is 1. The topological polar surface area (TPSA) is 47.3 Å². The van der Waals surface area contributed by atoms with E-state index in [0.717, 1.165) is 12.5 Å². The Balaban J connectivity index is 2.25. The zero-order chi connectivity index (χ0) is 13.4. The Hall–Kier alpha value is -1.43. The van der Waals surface area contributed by atoms with Crippen molar-refractivity contribution < 1.29 is 17.9 Å². The molecule has 1 saturated heterocycles. The molecule has 6 heteroatoms. The van der Waals surface area contributed by atoms with Crippen molar-refractivity contribution in [2.24, 2.45) is 0 Å². The van der Waals surface area contributed by atoms with Gasteiger partial charge in [-0.15, -0.1) is 0 Å². The van der Waals surface area contributed by atoms with E-state index < -0.39 is 11.7 Å². The predicted octanol–water partition coefficient (Wildman–Crippen LogP) is 2.88. The smallest absolute Gasteiger partial charge is 0.398 e. The third-order valence-corrected chi connectivity index (χ3v) is 3.02. The van der Waals surface area contributed by atoms with Crippen molar-refractivity contribution in [3.05, 3.63) is 23.8 Å². The Labute approximate surface area is 103 Å². The van der Waals surface area contributed by atoms with Gasteiger partial charge in [0.05, 0.1) is 17.7 Å². The third-order valence-electron chi connectivity index (χ3n) is 3.02. The lowest BCUT2D eigenvalue weighted by Gasteiger charge is -2.25. The monoisotopic (exact) mass is 260 g/mol. The molecule has 1 aliphatic rings. The van der Waals surface area contributed by atoms with Gasteiger partial charge in [0, 0.05) is 18.0 Å². The van der Waals surface area contributed by atoms with E-state index in [-0.39, 0.29) is 11.2 Å². The van der Waals surface area contributed by atoms with Crippen molar-refractivity contribution in [2.45, 2.75) is 25.1 Å². The quantitative estimate of drug-likeness (QED) is 0.804. The standard InChI is InChI=1S/C12H15F3N2O/c1-11(4-5-18-7-11)17-8-2-3-10(16)9(6-8)12(13,14)15/h2-3,6,17H,4-5,7,16H2,1H3. The second-order valence-corrected chi connectivity index (χ2v) is 4.79. The molecular formula is C12H15F3N2O. The minimum atomic E-state index is -4.44. The van der Waals surface area contributed by atoms with Gasteiger partial charge < -0.3 is 15.8 Å². The molecule has 0 saturated carbocycles. The number of alkyl halides is 3. The van der Waals surface area contributed by atoms with Crippen LogP contribution < -0.4 is 11.1 Å². The number of halogens is 3. The van der Waals surface area contributed by atoms with Crippen LogP contribution in [-0.2, 0) is 10.9 Å². The van der Waals surface area contributed by atoms with Crippen LogP contribution in [0.3, 0.4) is 0 Å². The first-order valence-corrected chi connectivity index (χ1v) is 5.63. The van der Waals surface area contributed by atoms with E-state index in [0.29, 0.717) is 18.9 Å². The molecule has 0 spiro atoms. The van der Waals surface area contributed by atoms with Crippen LogP contribution in [0.2, 0.25) is 0 Å². The van der Waals surface area contributed by atoms with E-state index in [1.54, 1.807) is 6.07 Å². The second kappa shape index (κ2) is 4.35. The normalized spacial score (nSPS) is 24.2. The first-order chi connectivity index (χ1) is 8.30. The molecule has 0 aliphatic carbocycles. The van der Waals surface area contributed by atoms with Gasteiger partial charge in [-0.1, -0.05) is 0 Å². The Morgan fingerprint density at radius 2 is 2.11 bits per heavy atom. The van der Waals surface area contributed by atoms with Gasteiger partial charge in [-0.3, -0.25) is 0 Å². The van der Waals surface area contributed by atoms with Crippen LogP contribution in [-0.4, -0.2) is 18.8 Å². The van der Waals surface area contributed by atoms with E-state index in [1.807, 2.05) is 6.92 Å². The third kappa shape index (κ3) is 2.69. The molecule has 1 aliphatic heterocycles. The number of nitrogens with one attached hydrogen (secondary N) is 1. The van der Waals surface area contributed by atoms with E-state index >= 15 is 0 Å². The fraction of sp³-hybridized carbons (Fsp3) is 0.500. The summed E-state index contributed by atoms with van der Waals surface area (Å²) < 4.78 is 43.4. The number of hydrogen-bond acceptors (Lipinski definition) is 3. The molecule has 1 aromatic carbocycles. The lowest BCUT2D eigenvalue weighted by molar-refractivity contribution is -0.136. The van der Waals surface area contributed by atoms with Crippen molar-refractivity contribution in [2.75, 3.05) is 24.3 Å². The number of nitrogen functional groups attached to an aromatic ring is 1. The highest BCUT2D eigenvalue weighted by atomic mass is 19.4. The highest BCUT2D eigenvalue weighted by Gasteiger charge is 2.34.